The van der Waals surface area contributed by atoms with Gasteiger partial charge in [-0.05, 0) is 12.1 Å². The van der Waals surface area contributed by atoms with Gasteiger partial charge in [-0.2, -0.15) is 0 Å². The molecule has 0 amide bonds. The van der Waals surface area contributed by atoms with E-state index in [1.54, 1.807) is 0 Å². The van der Waals surface area contributed by atoms with Crippen molar-refractivity contribution in [2.45, 2.75) is 6.42 Å². The summed E-state index contributed by atoms with van der Waals surface area (Å²) in [7, 11) is 0. The van der Waals surface area contributed by atoms with E-state index in [1.807, 2.05) is 0 Å². The molecule has 0 N–H and O–H groups in total. The predicted octanol–water partition coefficient (Wildman–Crippen LogP) is 2.67. The van der Waals surface area contributed by atoms with Crippen LogP contribution in [0.1, 0.15) is 5.69 Å². The Bertz CT molecular complexity index is 463. The number of hydrogen-bond acceptors (Lipinski definition) is 0. The summed E-state index contributed by atoms with van der Waals surface area (Å²) in [6, 6.07) is 10.8. The molecule has 3 rings (SSSR count). The van der Waals surface area contributed by atoms with E-state index in [4.69, 9.17) is 0 Å². The van der Waals surface area contributed by atoms with Gasteiger partial charge in [0.05, 0.1) is 5.52 Å². The molecule has 0 fully saturated rings. The number of rotatable bonds is 0. The molecule has 0 aliphatic carbocycles. The highest BCUT2D eigenvalue weighted by Gasteiger charge is 2.07. The molecule has 1 aromatic carbocycles. The second-order valence-corrected chi connectivity index (χ2v) is 3.15. The first-order valence-electron chi connectivity index (χ1n) is 4.21. The summed E-state index contributed by atoms with van der Waals surface area (Å²) in [6.07, 6.45) is 5.42. The highest BCUT2D eigenvalue weighted by molar-refractivity contribution is 5.84. The van der Waals surface area contributed by atoms with Crippen LogP contribution in [0, 0.1) is 0 Å². The molecular weight excluding hydrogens is 146 g/mol. The van der Waals surface area contributed by atoms with Crippen molar-refractivity contribution in [3.05, 3.63) is 42.1 Å². The van der Waals surface area contributed by atoms with Crippen LogP contribution in [-0.4, -0.2) is 4.57 Å². The smallest absolute Gasteiger partial charge is 0.0525 e. The standard InChI is InChI=1S/C11H9N/c1-2-6-11-9(4-1)8-10-5-3-7-12(10)11/h1-4,6-8H,5H2. The lowest BCUT2D eigenvalue weighted by Gasteiger charge is -1.95. The zero-order valence-electron chi connectivity index (χ0n) is 6.70. The van der Waals surface area contributed by atoms with Crippen LogP contribution >= 0.6 is 0 Å². The van der Waals surface area contributed by atoms with E-state index in [9.17, 15) is 0 Å². The van der Waals surface area contributed by atoms with Crippen molar-refractivity contribution in [1.29, 1.82) is 0 Å². The minimum absolute atomic E-state index is 1.08. The molecule has 0 bridgehead atoms. The van der Waals surface area contributed by atoms with E-state index in [0.717, 1.165) is 6.42 Å². The van der Waals surface area contributed by atoms with Crippen molar-refractivity contribution in [1.82, 2.24) is 4.57 Å². The molecule has 1 heteroatoms. The molecular formula is C11H9N. The van der Waals surface area contributed by atoms with Gasteiger partial charge in [0.1, 0.15) is 0 Å². The van der Waals surface area contributed by atoms with Crippen LogP contribution in [0.15, 0.2) is 36.4 Å². The summed E-state index contributed by atoms with van der Waals surface area (Å²) in [6.45, 7) is 0. The molecule has 1 aliphatic rings. The predicted molar refractivity (Wildman–Crippen MR) is 51.0 cm³/mol. The fourth-order valence-electron chi connectivity index (χ4n) is 1.84. The Morgan fingerprint density at radius 1 is 1.17 bits per heavy atom. The first-order chi connectivity index (χ1) is 5.95. The summed E-state index contributed by atoms with van der Waals surface area (Å²) in [5, 5.41) is 1.34. The Kier molecular flexibility index (Phi) is 1.01. The number of aromatic nitrogens is 1. The Morgan fingerprint density at radius 3 is 3.08 bits per heavy atom. The highest BCUT2D eigenvalue weighted by atomic mass is 15.0. The molecule has 2 heterocycles. The van der Waals surface area contributed by atoms with E-state index in [0.29, 0.717) is 0 Å². The average molecular weight is 155 g/mol. The SMILES string of the molecule is C1=Cn2c(cc3ccccc32)C1. The lowest BCUT2D eigenvalue weighted by atomic mass is 10.2. The van der Waals surface area contributed by atoms with Crippen molar-refractivity contribution in [2.75, 3.05) is 0 Å². The molecule has 12 heavy (non-hydrogen) atoms. The summed E-state index contributed by atoms with van der Waals surface area (Å²) in [5.74, 6) is 0. The fraction of sp³-hybridized carbons (Fsp3) is 0.0909. The maximum atomic E-state index is 2.26. The van der Waals surface area contributed by atoms with E-state index in [2.05, 4.69) is 47.2 Å². The van der Waals surface area contributed by atoms with Crippen LogP contribution < -0.4 is 0 Å². The molecule has 58 valence electrons. The third-order valence-electron chi connectivity index (χ3n) is 2.41. The molecule has 1 aromatic heterocycles. The number of para-hydroxylation sites is 1. The summed E-state index contributed by atoms with van der Waals surface area (Å²) >= 11 is 0. The zero-order chi connectivity index (χ0) is 7.97. The van der Waals surface area contributed by atoms with Crippen molar-refractivity contribution in [3.63, 3.8) is 0 Å². The first-order valence-corrected chi connectivity index (χ1v) is 4.21. The van der Waals surface area contributed by atoms with Crippen molar-refractivity contribution >= 4 is 17.1 Å². The molecule has 2 aromatic rings. The number of fused-ring (bicyclic) bond motifs is 3. The summed E-state index contributed by atoms with van der Waals surface area (Å²) < 4.78 is 2.26. The largest absolute Gasteiger partial charge is 0.320 e. The van der Waals surface area contributed by atoms with Crippen LogP contribution in [0.2, 0.25) is 0 Å². The average Bonchev–Trinajstić information content (AvgIpc) is 2.62. The topological polar surface area (TPSA) is 4.93 Å². The maximum absolute atomic E-state index is 2.26. The lowest BCUT2D eigenvalue weighted by molar-refractivity contribution is 1.12. The molecule has 0 radical (unpaired) electrons. The third-order valence-corrected chi connectivity index (χ3v) is 2.41. The fourth-order valence-corrected chi connectivity index (χ4v) is 1.84. The Balaban J connectivity index is 2.51. The van der Waals surface area contributed by atoms with E-state index < -0.39 is 0 Å². The van der Waals surface area contributed by atoms with Gasteiger partial charge in [0.2, 0.25) is 0 Å². The van der Waals surface area contributed by atoms with Crippen LogP contribution in [0.4, 0.5) is 0 Å². The van der Waals surface area contributed by atoms with E-state index in [1.165, 1.54) is 16.6 Å². The van der Waals surface area contributed by atoms with Gasteiger partial charge in [0.25, 0.3) is 0 Å². The van der Waals surface area contributed by atoms with Gasteiger partial charge in [-0.15, -0.1) is 0 Å². The van der Waals surface area contributed by atoms with Gasteiger partial charge < -0.3 is 4.57 Å². The zero-order valence-corrected chi connectivity index (χ0v) is 6.70. The maximum Gasteiger partial charge on any atom is 0.0525 e. The Labute approximate surface area is 70.9 Å². The van der Waals surface area contributed by atoms with Crippen molar-refractivity contribution < 1.29 is 0 Å². The monoisotopic (exact) mass is 155 g/mol. The second-order valence-electron chi connectivity index (χ2n) is 3.15. The minimum Gasteiger partial charge on any atom is -0.320 e. The van der Waals surface area contributed by atoms with Gasteiger partial charge in [0, 0.05) is 23.7 Å². The van der Waals surface area contributed by atoms with E-state index >= 15 is 0 Å². The lowest BCUT2D eigenvalue weighted by Crippen LogP contribution is -1.84. The second kappa shape index (κ2) is 2.01. The quantitative estimate of drug-likeness (QED) is 0.551. The molecule has 1 aliphatic heterocycles. The van der Waals surface area contributed by atoms with Crippen LogP contribution in [0.5, 0.6) is 0 Å². The first kappa shape index (κ1) is 6.06. The molecule has 0 spiro atoms. The summed E-state index contributed by atoms with van der Waals surface area (Å²) in [5.41, 5.74) is 2.72. The summed E-state index contributed by atoms with van der Waals surface area (Å²) in [4.78, 5) is 0. The Hall–Kier alpha value is -1.50. The van der Waals surface area contributed by atoms with Gasteiger partial charge >= 0.3 is 0 Å². The highest BCUT2D eigenvalue weighted by Crippen LogP contribution is 2.23. The van der Waals surface area contributed by atoms with Crippen molar-refractivity contribution in [2.24, 2.45) is 0 Å². The molecule has 0 unspecified atom stereocenters. The Morgan fingerprint density at radius 2 is 2.08 bits per heavy atom. The minimum atomic E-state index is 1.08. The van der Waals surface area contributed by atoms with Gasteiger partial charge in [-0.1, -0.05) is 24.3 Å². The van der Waals surface area contributed by atoms with Crippen LogP contribution in [-0.2, 0) is 6.42 Å². The normalized spacial score (nSPS) is 14.0. The molecule has 0 saturated heterocycles. The van der Waals surface area contributed by atoms with Gasteiger partial charge in [0.15, 0.2) is 0 Å². The van der Waals surface area contributed by atoms with Gasteiger partial charge in [-0.25, -0.2) is 0 Å². The number of allylic oxidation sites excluding steroid dienone is 1. The third kappa shape index (κ3) is 0.632. The van der Waals surface area contributed by atoms with Crippen LogP contribution in [0.25, 0.3) is 17.1 Å². The number of nitrogens with zero attached hydrogens (tertiary/aromatic N) is 1. The molecule has 1 nitrogen and oxygen atoms in total. The number of hydrogen-bond donors (Lipinski definition) is 0. The molecule has 0 saturated carbocycles. The molecule has 0 atom stereocenters. The number of benzene rings is 1. The van der Waals surface area contributed by atoms with Crippen molar-refractivity contribution in [3.8, 4) is 0 Å². The van der Waals surface area contributed by atoms with E-state index in [-0.39, 0.29) is 0 Å². The van der Waals surface area contributed by atoms with Gasteiger partial charge in [-0.3, -0.25) is 0 Å². The van der Waals surface area contributed by atoms with Crippen LogP contribution in [0.3, 0.4) is 0 Å².